The fourth-order valence-electron chi connectivity index (χ4n) is 1.87. The van der Waals surface area contributed by atoms with Crippen molar-refractivity contribution < 1.29 is 4.74 Å². The monoisotopic (exact) mass is 362 g/mol. The zero-order valence-electron chi connectivity index (χ0n) is 11.2. The Labute approximate surface area is 144 Å². The van der Waals surface area contributed by atoms with Crippen molar-refractivity contribution in [2.24, 2.45) is 0 Å². The topological polar surface area (TPSA) is 9.23 Å². The highest BCUT2D eigenvalue weighted by Gasteiger charge is 2.01. The summed E-state index contributed by atoms with van der Waals surface area (Å²) in [5, 5.41) is 2.29. The molecule has 21 heavy (non-hydrogen) atoms. The molecule has 0 radical (unpaired) electrons. The molecular weight excluding hydrogens is 350 g/mol. The normalized spacial score (nSPS) is 10.9. The van der Waals surface area contributed by atoms with E-state index in [1.165, 1.54) is 0 Å². The molecule has 0 aliphatic carbocycles. The zero-order valence-corrected chi connectivity index (χ0v) is 14.2. The van der Waals surface area contributed by atoms with Crippen molar-refractivity contribution in [2.45, 2.75) is 12.8 Å². The molecule has 2 rings (SSSR count). The van der Waals surface area contributed by atoms with Crippen molar-refractivity contribution in [2.75, 3.05) is 13.2 Å². The summed E-state index contributed by atoms with van der Waals surface area (Å²) >= 11 is 23.7. The Morgan fingerprint density at radius 3 is 1.43 bits per heavy atom. The van der Waals surface area contributed by atoms with Crippen molar-refractivity contribution in [1.29, 1.82) is 0 Å². The number of hydrogen-bond donors (Lipinski definition) is 0. The van der Waals surface area contributed by atoms with Crippen molar-refractivity contribution in [3.8, 4) is 0 Å². The van der Waals surface area contributed by atoms with Crippen LogP contribution in [0.3, 0.4) is 0 Å². The van der Waals surface area contributed by atoms with Gasteiger partial charge in [0.05, 0.1) is 33.3 Å². The highest BCUT2D eigenvalue weighted by atomic mass is 35.5. The van der Waals surface area contributed by atoms with Crippen LogP contribution in [-0.2, 0) is 17.6 Å². The Morgan fingerprint density at radius 2 is 1.05 bits per heavy atom. The fourth-order valence-corrected chi connectivity index (χ4v) is 2.51. The molecule has 0 aliphatic rings. The van der Waals surface area contributed by atoms with Crippen molar-refractivity contribution >= 4 is 46.4 Å². The molecule has 0 unspecified atom stereocenters. The van der Waals surface area contributed by atoms with Crippen LogP contribution in [0.2, 0.25) is 20.1 Å². The summed E-state index contributed by atoms with van der Waals surface area (Å²) in [7, 11) is 0. The maximum Gasteiger partial charge on any atom is 0.0595 e. The molecule has 2 aromatic rings. The molecule has 2 aromatic carbocycles. The quantitative estimate of drug-likeness (QED) is 0.563. The van der Waals surface area contributed by atoms with Gasteiger partial charge in [0.1, 0.15) is 0 Å². The van der Waals surface area contributed by atoms with Gasteiger partial charge in [-0.3, -0.25) is 0 Å². The molecule has 112 valence electrons. The third kappa shape index (κ3) is 5.36. The van der Waals surface area contributed by atoms with E-state index in [0.717, 1.165) is 24.0 Å². The van der Waals surface area contributed by atoms with Gasteiger partial charge in [0.15, 0.2) is 0 Å². The molecule has 0 saturated heterocycles. The summed E-state index contributed by atoms with van der Waals surface area (Å²) in [5.74, 6) is 0. The number of hydrogen-bond acceptors (Lipinski definition) is 1. The zero-order chi connectivity index (χ0) is 15.2. The van der Waals surface area contributed by atoms with Gasteiger partial charge in [-0.15, -0.1) is 0 Å². The SMILES string of the molecule is Clc1ccc(CCOCCc2ccc(Cl)c(Cl)c2)cc1Cl. The molecule has 0 spiro atoms. The van der Waals surface area contributed by atoms with Gasteiger partial charge in [-0.2, -0.15) is 0 Å². The van der Waals surface area contributed by atoms with E-state index in [2.05, 4.69) is 0 Å². The third-order valence-corrected chi connectivity index (χ3v) is 4.52. The molecule has 0 atom stereocenters. The Hall–Kier alpha value is -0.440. The molecule has 5 heteroatoms. The first-order valence-corrected chi connectivity index (χ1v) is 8.03. The summed E-state index contributed by atoms with van der Waals surface area (Å²) in [6.07, 6.45) is 1.61. The Bertz CT molecular complexity index is 560. The number of rotatable bonds is 6. The van der Waals surface area contributed by atoms with Crippen LogP contribution >= 0.6 is 46.4 Å². The van der Waals surface area contributed by atoms with Gasteiger partial charge in [-0.25, -0.2) is 0 Å². The Morgan fingerprint density at radius 1 is 0.619 bits per heavy atom. The van der Waals surface area contributed by atoms with E-state index in [1.54, 1.807) is 12.1 Å². The average Bonchev–Trinajstić information content (AvgIpc) is 2.46. The van der Waals surface area contributed by atoms with Gasteiger partial charge >= 0.3 is 0 Å². The molecule has 1 nitrogen and oxygen atoms in total. The summed E-state index contributed by atoms with van der Waals surface area (Å²) in [5.41, 5.74) is 2.22. The molecule has 0 aromatic heterocycles. The predicted octanol–water partition coefficient (Wildman–Crippen LogP) is 6.10. The molecule has 0 amide bonds. The average molecular weight is 364 g/mol. The lowest BCUT2D eigenvalue weighted by Gasteiger charge is -2.06. The largest absolute Gasteiger partial charge is 0.381 e. The smallest absolute Gasteiger partial charge is 0.0595 e. The summed E-state index contributed by atoms with van der Waals surface area (Å²) in [6, 6.07) is 11.2. The van der Waals surface area contributed by atoms with Crippen LogP contribution in [0.1, 0.15) is 11.1 Å². The van der Waals surface area contributed by atoms with Gasteiger partial charge in [-0.1, -0.05) is 58.5 Å². The van der Waals surface area contributed by atoms with Crippen molar-refractivity contribution in [1.82, 2.24) is 0 Å². The molecule has 0 N–H and O–H groups in total. The molecule has 0 bridgehead atoms. The van der Waals surface area contributed by atoms with E-state index in [-0.39, 0.29) is 0 Å². The first-order chi connectivity index (χ1) is 10.1. The van der Waals surface area contributed by atoms with E-state index in [1.807, 2.05) is 24.3 Å². The minimum absolute atomic E-state index is 0.570. The van der Waals surface area contributed by atoms with Gasteiger partial charge < -0.3 is 4.74 Å². The van der Waals surface area contributed by atoms with Crippen LogP contribution in [0.5, 0.6) is 0 Å². The second-order valence-corrected chi connectivity index (χ2v) is 6.24. The van der Waals surface area contributed by atoms with Crippen LogP contribution in [0, 0.1) is 0 Å². The fraction of sp³-hybridized carbons (Fsp3) is 0.250. The van der Waals surface area contributed by atoms with Crippen molar-refractivity contribution in [3.63, 3.8) is 0 Å². The molecule has 0 aliphatic heterocycles. The van der Waals surface area contributed by atoms with E-state index < -0.39 is 0 Å². The summed E-state index contributed by atoms with van der Waals surface area (Å²) in [6.45, 7) is 1.28. The van der Waals surface area contributed by atoms with E-state index in [0.29, 0.717) is 33.3 Å². The molecular formula is C16H14Cl4O. The van der Waals surface area contributed by atoms with Crippen LogP contribution in [0.25, 0.3) is 0 Å². The second kappa shape index (κ2) is 8.26. The summed E-state index contributed by atoms with van der Waals surface area (Å²) < 4.78 is 5.63. The number of benzene rings is 2. The van der Waals surface area contributed by atoms with Crippen LogP contribution in [0.4, 0.5) is 0 Å². The molecule has 0 fully saturated rings. The Balaban J connectivity index is 1.72. The maximum atomic E-state index is 5.97. The van der Waals surface area contributed by atoms with Gasteiger partial charge in [0.25, 0.3) is 0 Å². The number of ether oxygens (including phenoxy) is 1. The highest BCUT2D eigenvalue weighted by Crippen LogP contribution is 2.23. The Kier molecular flexibility index (Phi) is 6.66. The van der Waals surface area contributed by atoms with E-state index in [9.17, 15) is 0 Å². The highest BCUT2D eigenvalue weighted by molar-refractivity contribution is 6.42. The first-order valence-electron chi connectivity index (χ1n) is 6.52. The van der Waals surface area contributed by atoms with Gasteiger partial charge in [-0.05, 0) is 48.2 Å². The van der Waals surface area contributed by atoms with Gasteiger partial charge in [0.2, 0.25) is 0 Å². The lowest BCUT2D eigenvalue weighted by molar-refractivity contribution is 0.140. The first kappa shape index (κ1) is 16.9. The lowest BCUT2D eigenvalue weighted by atomic mass is 10.1. The number of halogens is 4. The second-order valence-electron chi connectivity index (χ2n) is 4.61. The van der Waals surface area contributed by atoms with Crippen molar-refractivity contribution in [3.05, 3.63) is 67.6 Å². The van der Waals surface area contributed by atoms with Gasteiger partial charge in [0, 0.05) is 0 Å². The van der Waals surface area contributed by atoms with E-state index >= 15 is 0 Å². The standard InChI is InChI=1S/C16H14Cl4O/c17-13-3-1-11(9-15(13)19)5-7-21-8-6-12-2-4-14(18)16(20)10-12/h1-4,9-10H,5-8H2. The lowest BCUT2D eigenvalue weighted by Crippen LogP contribution is -2.03. The summed E-state index contributed by atoms with van der Waals surface area (Å²) in [4.78, 5) is 0. The predicted molar refractivity (Wildman–Crippen MR) is 91.2 cm³/mol. The maximum absolute atomic E-state index is 5.97. The van der Waals surface area contributed by atoms with Crippen LogP contribution < -0.4 is 0 Å². The van der Waals surface area contributed by atoms with E-state index in [4.69, 9.17) is 51.1 Å². The minimum Gasteiger partial charge on any atom is -0.381 e. The van der Waals surface area contributed by atoms with Crippen LogP contribution in [-0.4, -0.2) is 13.2 Å². The molecule has 0 heterocycles. The van der Waals surface area contributed by atoms with Crippen LogP contribution in [0.15, 0.2) is 36.4 Å². The third-order valence-electron chi connectivity index (χ3n) is 3.04. The molecule has 0 saturated carbocycles. The minimum atomic E-state index is 0.570.